The summed E-state index contributed by atoms with van der Waals surface area (Å²) in [6.45, 7) is 8.30. The van der Waals surface area contributed by atoms with Crippen LogP contribution in [0.25, 0.3) is 33.7 Å². The summed E-state index contributed by atoms with van der Waals surface area (Å²) in [7, 11) is 0. The number of nitrogens with one attached hydrogen (secondary N) is 2. The van der Waals surface area contributed by atoms with Gasteiger partial charge >= 0.3 is 6.09 Å². The van der Waals surface area contributed by atoms with Gasteiger partial charge in [0, 0.05) is 37.2 Å². The Morgan fingerprint density at radius 3 is 2.71 bits per heavy atom. The van der Waals surface area contributed by atoms with Crippen LogP contribution in [0.1, 0.15) is 50.0 Å². The van der Waals surface area contributed by atoms with Crippen LogP contribution in [-0.2, 0) is 4.74 Å². The van der Waals surface area contributed by atoms with Gasteiger partial charge < -0.3 is 25.7 Å². The van der Waals surface area contributed by atoms with E-state index in [1.807, 2.05) is 13.0 Å². The zero-order valence-corrected chi connectivity index (χ0v) is 23.1. The van der Waals surface area contributed by atoms with Crippen molar-refractivity contribution in [2.24, 2.45) is 5.73 Å². The van der Waals surface area contributed by atoms with Gasteiger partial charge in [0.25, 0.3) is 5.91 Å². The van der Waals surface area contributed by atoms with Gasteiger partial charge in [-0.3, -0.25) is 9.78 Å². The highest BCUT2D eigenvalue weighted by Gasteiger charge is 2.38. The number of rotatable bonds is 5. The Morgan fingerprint density at radius 2 is 2.00 bits per heavy atom. The highest BCUT2D eigenvalue weighted by atomic mass is 19.1. The van der Waals surface area contributed by atoms with Crippen molar-refractivity contribution in [1.29, 1.82) is 5.26 Å². The molecular weight excluding hydrogens is 527 g/mol. The molecule has 0 spiro atoms. The van der Waals surface area contributed by atoms with E-state index in [0.29, 0.717) is 58.9 Å². The fourth-order valence-corrected chi connectivity index (χ4v) is 5.01. The molecule has 11 nitrogen and oxygen atoms in total. The number of amides is 2. The zero-order chi connectivity index (χ0) is 29.5. The van der Waals surface area contributed by atoms with Crippen molar-refractivity contribution in [3.8, 4) is 28.6 Å². The molecule has 1 aliphatic rings. The number of benzene rings is 1. The van der Waals surface area contributed by atoms with Crippen LogP contribution < -0.4 is 16.0 Å². The van der Waals surface area contributed by atoms with Crippen molar-refractivity contribution in [3.05, 3.63) is 59.8 Å². The lowest BCUT2D eigenvalue weighted by atomic mass is 9.99. The van der Waals surface area contributed by atoms with Crippen LogP contribution in [0, 0.1) is 17.1 Å². The first-order chi connectivity index (χ1) is 19.4. The average molecular weight is 557 g/mol. The summed E-state index contributed by atoms with van der Waals surface area (Å²) in [5.41, 5.74) is 7.61. The van der Waals surface area contributed by atoms with Gasteiger partial charge in [-0.1, -0.05) is 6.07 Å². The minimum Gasteiger partial charge on any atom is -0.444 e. The molecule has 3 aromatic heterocycles. The van der Waals surface area contributed by atoms with Crippen molar-refractivity contribution in [1.82, 2.24) is 25.3 Å². The van der Waals surface area contributed by atoms with Gasteiger partial charge in [0.15, 0.2) is 5.65 Å². The van der Waals surface area contributed by atoms with Crippen LogP contribution in [0.4, 0.5) is 14.9 Å². The molecule has 1 saturated heterocycles. The fourth-order valence-electron chi connectivity index (χ4n) is 5.01. The summed E-state index contributed by atoms with van der Waals surface area (Å²) in [6, 6.07) is 7.70. The van der Waals surface area contributed by atoms with Crippen LogP contribution in [0.5, 0.6) is 0 Å². The van der Waals surface area contributed by atoms with Crippen molar-refractivity contribution >= 4 is 28.9 Å². The minimum atomic E-state index is -0.649. The molecule has 0 saturated carbocycles. The number of aromatic nitrogens is 4. The van der Waals surface area contributed by atoms with E-state index >= 15 is 0 Å². The van der Waals surface area contributed by atoms with Gasteiger partial charge in [-0.25, -0.2) is 19.2 Å². The highest BCUT2D eigenvalue weighted by Crippen LogP contribution is 2.41. The van der Waals surface area contributed by atoms with Crippen LogP contribution in [0.2, 0.25) is 0 Å². The number of ether oxygens (including phenoxy) is 1. The number of nitrogens with two attached hydrogens (primary N) is 1. The average Bonchev–Trinajstić information content (AvgIpc) is 3.50. The molecule has 0 bridgehead atoms. The lowest BCUT2D eigenvalue weighted by Gasteiger charge is -2.30. The van der Waals surface area contributed by atoms with Gasteiger partial charge in [0.2, 0.25) is 0 Å². The third-order valence-corrected chi connectivity index (χ3v) is 6.82. The predicted octanol–water partition coefficient (Wildman–Crippen LogP) is 4.29. The number of alkyl carbamates (subject to hydrolysis) is 1. The second kappa shape index (κ2) is 10.2. The lowest BCUT2D eigenvalue weighted by molar-refractivity contribution is 0.0473. The van der Waals surface area contributed by atoms with E-state index in [1.54, 1.807) is 39.2 Å². The van der Waals surface area contributed by atoms with Gasteiger partial charge in [0.05, 0.1) is 33.4 Å². The van der Waals surface area contributed by atoms with E-state index in [9.17, 15) is 19.2 Å². The number of aromatic amines is 1. The number of carbonyl (C=O) groups is 2. The Kier molecular flexibility index (Phi) is 6.82. The number of imidazole rings is 1. The van der Waals surface area contributed by atoms with Crippen LogP contribution in [-0.4, -0.2) is 56.2 Å². The predicted molar refractivity (Wildman–Crippen MR) is 150 cm³/mol. The SMILES string of the molecule is CC(C)(C)OC(=O)N[C@@]1(C)CCN(c2c(-c3ccc(F)c(C#N)c3)cncc2-c2nc3nccc(C(N)=O)c3[nH]2)C1. The largest absolute Gasteiger partial charge is 0.444 e. The first-order valence-electron chi connectivity index (χ1n) is 13.0. The number of hydrogen-bond acceptors (Lipinski definition) is 8. The molecule has 4 heterocycles. The van der Waals surface area contributed by atoms with Crippen LogP contribution in [0.15, 0.2) is 42.9 Å². The van der Waals surface area contributed by atoms with Crippen LogP contribution in [0.3, 0.4) is 0 Å². The second-order valence-corrected chi connectivity index (χ2v) is 11.3. The number of H-pyrrole nitrogens is 1. The van der Waals surface area contributed by atoms with E-state index in [0.717, 1.165) is 0 Å². The Morgan fingerprint density at radius 1 is 1.24 bits per heavy atom. The molecule has 1 aromatic carbocycles. The van der Waals surface area contributed by atoms with Gasteiger partial charge in [0.1, 0.15) is 23.3 Å². The summed E-state index contributed by atoms with van der Waals surface area (Å²) >= 11 is 0. The molecule has 0 radical (unpaired) electrons. The summed E-state index contributed by atoms with van der Waals surface area (Å²) in [5.74, 6) is -0.861. The number of anilines is 1. The molecule has 41 heavy (non-hydrogen) atoms. The van der Waals surface area contributed by atoms with Gasteiger partial charge in [-0.15, -0.1) is 0 Å². The normalized spacial score (nSPS) is 16.9. The van der Waals surface area contributed by atoms with E-state index in [-0.39, 0.29) is 11.1 Å². The van der Waals surface area contributed by atoms with Gasteiger partial charge in [-0.05, 0) is 57.9 Å². The summed E-state index contributed by atoms with van der Waals surface area (Å²) in [4.78, 5) is 43.3. The summed E-state index contributed by atoms with van der Waals surface area (Å²) < 4.78 is 19.7. The molecule has 2 amide bonds. The molecule has 0 aliphatic carbocycles. The highest BCUT2D eigenvalue weighted by molar-refractivity contribution is 6.04. The summed E-state index contributed by atoms with van der Waals surface area (Å²) in [5, 5.41) is 12.5. The number of primary amides is 1. The van der Waals surface area contributed by atoms with Crippen molar-refractivity contribution < 1.29 is 18.7 Å². The van der Waals surface area contributed by atoms with E-state index < -0.39 is 29.0 Å². The quantitative estimate of drug-likeness (QED) is 0.328. The van der Waals surface area contributed by atoms with Crippen LogP contribution >= 0.6 is 0 Å². The molecule has 1 fully saturated rings. The maximum Gasteiger partial charge on any atom is 0.408 e. The van der Waals surface area contributed by atoms with E-state index in [2.05, 4.69) is 30.2 Å². The molecular formula is C29H29FN8O3. The minimum absolute atomic E-state index is 0.101. The number of carbonyl (C=O) groups excluding carboxylic acids is 2. The maximum atomic E-state index is 14.2. The standard InChI is InChI=1S/C29H29FN8O3/c1-28(2,3)41-27(40)37-29(4)8-10-38(15-29)23-19(16-5-6-21(30)17(11-16)12-31)13-33-14-20(23)25-35-22-18(24(32)39)7-9-34-26(22)36-25/h5-7,9,11,13-14H,8,10,15H2,1-4H3,(H2,32,39)(H,37,40)(H,34,35,36)/t29-/m0/s1. The Hall–Kier alpha value is -5.05. The molecule has 5 rings (SSSR count). The molecule has 4 N–H and O–H groups in total. The van der Waals surface area contributed by atoms with E-state index in [4.69, 9.17) is 10.5 Å². The number of nitriles is 1. The topological polar surface area (TPSA) is 163 Å². The number of fused-ring (bicyclic) bond motifs is 1. The van der Waals surface area contributed by atoms with Gasteiger partial charge in [-0.2, -0.15) is 5.26 Å². The first kappa shape index (κ1) is 27.5. The molecule has 210 valence electrons. The maximum absolute atomic E-state index is 14.2. The number of halogens is 1. The zero-order valence-electron chi connectivity index (χ0n) is 23.1. The van der Waals surface area contributed by atoms with Crippen molar-refractivity contribution in [2.75, 3.05) is 18.0 Å². The van der Waals surface area contributed by atoms with Crippen molar-refractivity contribution in [2.45, 2.75) is 45.3 Å². The fraction of sp³-hybridized carbons (Fsp3) is 0.310. The third-order valence-electron chi connectivity index (χ3n) is 6.82. The molecule has 1 aliphatic heterocycles. The number of nitrogens with zero attached hydrogens (tertiary/aromatic N) is 5. The molecule has 0 unspecified atom stereocenters. The monoisotopic (exact) mass is 556 g/mol. The third kappa shape index (κ3) is 5.51. The van der Waals surface area contributed by atoms with Crippen molar-refractivity contribution in [3.63, 3.8) is 0 Å². The van der Waals surface area contributed by atoms with E-state index in [1.165, 1.54) is 24.4 Å². The lowest BCUT2D eigenvalue weighted by Crippen LogP contribution is -2.49. The number of hydrogen-bond donors (Lipinski definition) is 3. The second-order valence-electron chi connectivity index (χ2n) is 11.3. The summed E-state index contributed by atoms with van der Waals surface area (Å²) in [6.07, 6.45) is 4.81. The Labute approximate surface area is 235 Å². The molecule has 4 aromatic rings. The Balaban J connectivity index is 1.63. The smallest absolute Gasteiger partial charge is 0.408 e. The first-order valence-corrected chi connectivity index (χ1v) is 13.0. The number of pyridine rings is 2. The molecule has 1 atom stereocenters. The molecule has 12 heteroatoms. The Bertz CT molecular complexity index is 1720.